The molecule has 2 aromatic carbocycles. The number of rotatable bonds is 9. The van der Waals surface area contributed by atoms with Crippen LogP contribution in [0, 0.1) is 5.82 Å². The summed E-state index contributed by atoms with van der Waals surface area (Å²) in [5.74, 6) is -0.140. The van der Waals surface area contributed by atoms with Crippen LogP contribution in [-0.2, 0) is 17.6 Å². The lowest BCUT2D eigenvalue weighted by Crippen LogP contribution is -2.42. The van der Waals surface area contributed by atoms with Gasteiger partial charge in [0.2, 0.25) is 5.91 Å². The average Bonchev–Trinajstić information content (AvgIpc) is 3.46. The number of nitrogens with zero attached hydrogens (tertiary/aromatic N) is 6. The Kier molecular flexibility index (Phi) is 8.02. The van der Waals surface area contributed by atoms with Crippen LogP contribution >= 0.6 is 0 Å². The van der Waals surface area contributed by atoms with Gasteiger partial charge in [0.05, 0.1) is 12.2 Å². The molecule has 1 atom stereocenters. The molecule has 4 aromatic rings. The molecule has 202 valence electrons. The van der Waals surface area contributed by atoms with Crippen LogP contribution in [0.1, 0.15) is 37.6 Å². The number of anilines is 3. The van der Waals surface area contributed by atoms with Crippen molar-refractivity contribution in [2.75, 3.05) is 23.7 Å². The van der Waals surface area contributed by atoms with Gasteiger partial charge in [-0.2, -0.15) is 5.21 Å². The van der Waals surface area contributed by atoms with Crippen molar-refractivity contribution in [1.82, 2.24) is 35.1 Å². The molecule has 1 fully saturated rings. The van der Waals surface area contributed by atoms with E-state index in [0.717, 1.165) is 31.4 Å². The number of hydrogen-bond acceptors (Lipinski definition) is 8. The minimum atomic E-state index is -0.569. The van der Waals surface area contributed by atoms with Crippen molar-refractivity contribution in [2.45, 2.75) is 45.1 Å². The van der Waals surface area contributed by atoms with Gasteiger partial charge in [0, 0.05) is 36.2 Å². The fourth-order valence-corrected chi connectivity index (χ4v) is 4.67. The number of H-pyrrole nitrogens is 1. The first-order chi connectivity index (χ1) is 19.0. The summed E-state index contributed by atoms with van der Waals surface area (Å²) in [6, 6.07) is 12.1. The van der Waals surface area contributed by atoms with Crippen LogP contribution in [-0.4, -0.2) is 60.1 Å². The molecule has 1 amide bonds. The van der Waals surface area contributed by atoms with E-state index in [1.165, 1.54) is 35.4 Å². The highest BCUT2D eigenvalue weighted by atomic mass is 19.1. The summed E-state index contributed by atoms with van der Waals surface area (Å²) in [7, 11) is 0. The van der Waals surface area contributed by atoms with Crippen molar-refractivity contribution >= 4 is 23.1 Å². The molecule has 12 heteroatoms. The summed E-state index contributed by atoms with van der Waals surface area (Å²) in [5, 5.41) is 19.5. The van der Waals surface area contributed by atoms with E-state index in [-0.39, 0.29) is 24.0 Å². The number of likely N-dealkylation sites (tertiary alicyclic amines) is 1. The Bertz CT molecular complexity index is 1470. The molecule has 0 spiro atoms. The van der Waals surface area contributed by atoms with Gasteiger partial charge in [0.15, 0.2) is 11.6 Å². The van der Waals surface area contributed by atoms with Gasteiger partial charge in [0.1, 0.15) is 5.82 Å². The van der Waals surface area contributed by atoms with Crippen molar-refractivity contribution in [2.24, 2.45) is 0 Å². The lowest BCUT2D eigenvalue weighted by molar-refractivity contribution is -0.118. The first kappa shape index (κ1) is 26.2. The maximum absolute atomic E-state index is 14.7. The first-order valence-corrected chi connectivity index (χ1v) is 13.0. The molecule has 3 N–H and O–H groups in total. The van der Waals surface area contributed by atoms with Crippen molar-refractivity contribution in [3.63, 3.8) is 0 Å². The predicted molar refractivity (Wildman–Crippen MR) is 145 cm³/mol. The summed E-state index contributed by atoms with van der Waals surface area (Å²) in [4.78, 5) is 32.1. The molecule has 0 saturated carbocycles. The molecule has 0 bridgehead atoms. The molecule has 0 unspecified atom stereocenters. The number of tetrazole rings is 1. The number of nitrogens with one attached hydrogen (secondary N) is 3. The normalized spacial score (nSPS) is 15.7. The summed E-state index contributed by atoms with van der Waals surface area (Å²) < 4.78 is 16.1. The molecule has 11 nitrogen and oxygen atoms in total. The van der Waals surface area contributed by atoms with Crippen LogP contribution in [0.4, 0.5) is 21.6 Å². The van der Waals surface area contributed by atoms with Crippen LogP contribution in [0.2, 0.25) is 0 Å². The van der Waals surface area contributed by atoms with Gasteiger partial charge in [-0.15, -0.1) is 10.2 Å². The minimum Gasteiger partial charge on any atom is -0.333 e. The lowest BCUT2D eigenvalue weighted by Gasteiger charge is -2.32. The van der Waals surface area contributed by atoms with Crippen LogP contribution in [0.25, 0.3) is 5.69 Å². The van der Waals surface area contributed by atoms with Crippen LogP contribution in [0.3, 0.4) is 0 Å². The third kappa shape index (κ3) is 6.52. The fourth-order valence-electron chi connectivity index (χ4n) is 4.67. The Morgan fingerprint density at radius 1 is 1.15 bits per heavy atom. The minimum absolute atomic E-state index is 0.0387. The summed E-state index contributed by atoms with van der Waals surface area (Å²) in [5.41, 5.74) is 1.73. The SMILES string of the molecule is C[C@@H]1CCCCN1CC(=O)Nc1ccc(F)c(Nc2nccn(-c3ccc(CCc4nn[nH]n4)cc3)c2=O)c1. The van der Waals surface area contributed by atoms with Crippen molar-refractivity contribution in [1.29, 1.82) is 0 Å². The molecular weight excluding hydrogens is 501 g/mol. The third-order valence-electron chi connectivity index (χ3n) is 6.87. The number of carbonyl (C=O) groups excluding carboxylic acids is 1. The standard InChI is InChI=1S/C27H30FN9O2/c1-18-4-2-3-14-36(18)17-25(38)30-20-8-11-22(28)23(16-20)31-26-27(39)37(15-13-29-26)21-9-5-19(6-10-21)7-12-24-32-34-35-33-24/h5-6,8-11,13,15-16,18H,2-4,7,12,14,17H2,1H3,(H,29,31)(H,30,38)(H,32,33,34,35)/t18-/m1/s1. The number of amides is 1. The van der Waals surface area contributed by atoms with Gasteiger partial charge in [-0.1, -0.05) is 23.8 Å². The Labute approximate surface area is 224 Å². The summed E-state index contributed by atoms with van der Waals surface area (Å²) in [6.45, 7) is 3.29. The number of benzene rings is 2. The number of aryl methyl sites for hydroxylation is 2. The zero-order valence-corrected chi connectivity index (χ0v) is 21.6. The molecule has 1 saturated heterocycles. The second kappa shape index (κ2) is 11.9. The van der Waals surface area contributed by atoms with E-state index in [1.54, 1.807) is 6.20 Å². The molecule has 5 rings (SSSR count). The van der Waals surface area contributed by atoms with Crippen LogP contribution in [0.5, 0.6) is 0 Å². The third-order valence-corrected chi connectivity index (χ3v) is 6.87. The molecular formula is C27H30FN9O2. The highest BCUT2D eigenvalue weighted by Crippen LogP contribution is 2.23. The van der Waals surface area contributed by atoms with Crippen molar-refractivity contribution in [3.8, 4) is 5.69 Å². The second-order valence-electron chi connectivity index (χ2n) is 9.63. The monoisotopic (exact) mass is 531 g/mol. The van der Waals surface area contributed by atoms with E-state index in [9.17, 15) is 14.0 Å². The lowest BCUT2D eigenvalue weighted by atomic mass is 10.0. The van der Waals surface area contributed by atoms with E-state index in [1.807, 2.05) is 24.3 Å². The number of carbonyl (C=O) groups is 1. The zero-order valence-electron chi connectivity index (χ0n) is 21.6. The Hall–Kier alpha value is -4.45. The largest absolute Gasteiger partial charge is 0.333 e. The number of piperidine rings is 1. The quantitative estimate of drug-likeness (QED) is 0.300. The average molecular weight is 532 g/mol. The molecule has 2 aromatic heterocycles. The van der Waals surface area contributed by atoms with Gasteiger partial charge < -0.3 is 10.6 Å². The fraction of sp³-hybridized carbons (Fsp3) is 0.333. The van der Waals surface area contributed by atoms with Crippen LogP contribution in [0.15, 0.2) is 59.7 Å². The highest BCUT2D eigenvalue weighted by Gasteiger charge is 2.21. The summed E-state index contributed by atoms with van der Waals surface area (Å²) >= 11 is 0. The van der Waals surface area contributed by atoms with E-state index in [0.29, 0.717) is 29.7 Å². The van der Waals surface area contributed by atoms with Gasteiger partial charge >= 0.3 is 0 Å². The molecule has 1 aliphatic rings. The Morgan fingerprint density at radius 2 is 2.00 bits per heavy atom. The van der Waals surface area contributed by atoms with Crippen molar-refractivity contribution < 1.29 is 9.18 Å². The van der Waals surface area contributed by atoms with Gasteiger partial charge in [-0.25, -0.2) is 9.37 Å². The Balaban J connectivity index is 1.27. The van der Waals surface area contributed by atoms with Crippen molar-refractivity contribution in [3.05, 3.63) is 82.4 Å². The number of halogens is 1. The molecule has 3 heterocycles. The molecule has 1 aliphatic heterocycles. The maximum Gasteiger partial charge on any atom is 0.298 e. The molecule has 0 radical (unpaired) electrons. The number of aromatic amines is 1. The van der Waals surface area contributed by atoms with E-state index in [2.05, 4.69) is 48.1 Å². The Morgan fingerprint density at radius 3 is 2.77 bits per heavy atom. The zero-order chi connectivity index (χ0) is 27.2. The second-order valence-corrected chi connectivity index (χ2v) is 9.63. The van der Waals surface area contributed by atoms with Gasteiger partial charge in [0.25, 0.3) is 5.56 Å². The topological polar surface area (TPSA) is 134 Å². The van der Waals surface area contributed by atoms with Crippen LogP contribution < -0.4 is 16.2 Å². The van der Waals surface area contributed by atoms with Gasteiger partial charge in [-0.3, -0.25) is 19.1 Å². The maximum atomic E-state index is 14.7. The number of hydrogen-bond donors (Lipinski definition) is 3. The van der Waals surface area contributed by atoms with E-state index in [4.69, 9.17) is 0 Å². The highest BCUT2D eigenvalue weighted by molar-refractivity contribution is 5.92. The molecule has 39 heavy (non-hydrogen) atoms. The van der Waals surface area contributed by atoms with E-state index >= 15 is 0 Å². The predicted octanol–water partition coefficient (Wildman–Crippen LogP) is 3.23. The first-order valence-electron chi connectivity index (χ1n) is 13.0. The summed E-state index contributed by atoms with van der Waals surface area (Å²) in [6.07, 6.45) is 7.71. The van der Waals surface area contributed by atoms with Gasteiger partial charge in [-0.05, 0) is 68.6 Å². The van der Waals surface area contributed by atoms with E-state index < -0.39 is 11.4 Å². The molecule has 0 aliphatic carbocycles. The number of aromatic nitrogens is 6. The smallest absolute Gasteiger partial charge is 0.298 e.